The minimum Gasteiger partial charge on any atom is -0.483 e. The Kier molecular flexibility index (Phi) is 9.25. The molecular formula is C24H17BrClF3N4O4. The number of carbonyl (C=O) groups excluding carboxylic acids is 3. The summed E-state index contributed by atoms with van der Waals surface area (Å²) in [5.41, 5.74) is 1.78. The average Bonchev–Trinajstić information content (AvgIpc) is 2.83. The minimum absolute atomic E-state index is 0.0419. The van der Waals surface area contributed by atoms with Crippen molar-refractivity contribution in [1.29, 1.82) is 0 Å². The molecule has 3 amide bonds. The number of hydrogen-bond acceptors (Lipinski definition) is 5. The molecule has 3 aromatic rings. The molecule has 0 bridgehead atoms. The van der Waals surface area contributed by atoms with Gasteiger partial charge in [0.05, 0.1) is 11.8 Å². The van der Waals surface area contributed by atoms with Crippen LogP contribution in [-0.2, 0) is 20.6 Å². The molecule has 0 heterocycles. The first kappa shape index (κ1) is 27.7. The number of carbonyl (C=O) groups is 3. The van der Waals surface area contributed by atoms with E-state index in [1.54, 1.807) is 30.3 Å². The molecule has 0 spiro atoms. The van der Waals surface area contributed by atoms with Crippen molar-refractivity contribution in [2.24, 2.45) is 5.10 Å². The number of anilines is 2. The van der Waals surface area contributed by atoms with Gasteiger partial charge in [-0.3, -0.25) is 14.4 Å². The molecule has 0 radical (unpaired) electrons. The van der Waals surface area contributed by atoms with Crippen molar-refractivity contribution in [2.45, 2.75) is 6.18 Å². The Labute approximate surface area is 222 Å². The molecule has 3 aromatic carbocycles. The molecule has 3 rings (SSSR count). The van der Waals surface area contributed by atoms with Crippen molar-refractivity contribution < 1.29 is 32.3 Å². The molecule has 0 aliphatic carbocycles. The Hall–Kier alpha value is -3.90. The maximum absolute atomic E-state index is 12.9. The largest absolute Gasteiger partial charge is 0.483 e. The van der Waals surface area contributed by atoms with E-state index >= 15 is 0 Å². The van der Waals surface area contributed by atoms with Crippen LogP contribution in [0.25, 0.3) is 0 Å². The average molecular weight is 598 g/mol. The van der Waals surface area contributed by atoms with Gasteiger partial charge in [0.15, 0.2) is 6.61 Å². The van der Waals surface area contributed by atoms with Crippen LogP contribution in [-0.4, -0.2) is 30.5 Å². The first-order chi connectivity index (χ1) is 17.5. The number of amides is 3. The number of ether oxygens (including phenoxy) is 1. The van der Waals surface area contributed by atoms with Gasteiger partial charge in [-0.15, -0.1) is 0 Å². The second-order valence-corrected chi connectivity index (χ2v) is 8.61. The molecular weight excluding hydrogens is 581 g/mol. The second kappa shape index (κ2) is 12.4. The Bertz CT molecular complexity index is 1350. The lowest BCUT2D eigenvalue weighted by molar-refractivity contribution is -0.137. The molecule has 0 unspecified atom stereocenters. The van der Waals surface area contributed by atoms with Crippen LogP contribution in [0.5, 0.6) is 5.75 Å². The van der Waals surface area contributed by atoms with Crippen molar-refractivity contribution in [3.05, 3.63) is 87.4 Å². The molecule has 0 aliphatic heterocycles. The predicted molar refractivity (Wildman–Crippen MR) is 136 cm³/mol. The fourth-order valence-corrected chi connectivity index (χ4v) is 3.40. The second-order valence-electron chi connectivity index (χ2n) is 7.26. The Balaban J connectivity index is 1.58. The fourth-order valence-electron chi connectivity index (χ4n) is 2.83. The third-order valence-electron chi connectivity index (χ3n) is 4.46. The highest BCUT2D eigenvalue weighted by Gasteiger charge is 2.30. The molecule has 0 aliphatic rings. The lowest BCUT2D eigenvalue weighted by Gasteiger charge is -2.12. The molecule has 37 heavy (non-hydrogen) atoms. The molecule has 0 fully saturated rings. The number of nitrogens with zero attached hydrogens (tertiary/aromatic N) is 1. The zero-order valence-corrected chi connectivity index (χ0v) is 20.9. The van der Waals surface area contributed by atoms with Gasteiger partial charge in [-0.25, -0.2) is 5.43 Å². The Morgan fingerprint density at radius 3 is 2.35 bits per heavy atom. The van der Waals surface area contributed by atoms with Crippen molar-refractivity contribution >= 4 is 62.8 Å². The van der Waals surface area contributed by atoms with Gasteiger partial charge in [-0.1, -0.05) is 39.7 Å². The van der Waals surface area contributed by atoms with E-state index in [0.29, 0.717) is 20.7 Å². The van der Waals surface area contributed by atoms with E-state index in [2.05, 4.69) is 37.1 Å². The third-order valence-corrected chi connectivity index (χ3v) is 5.19. The number of halogens is 5. The number of alkyl halides is 3. The number of benzene rings is 3. The standard InChI is InChI=1S/C24H17BrClF3N4O4/c25-16-7-8-20(37-13-21(34)31-18-5-1-3-15(10-18)24(27,28)29)14(9-16)12-30-33-23(36)22(35)32-19-6-2-4-17(26)11-19/h1-12H,13H2,(H,31,34)(H,32,35)(H,33,36)/b30-12-. The van der Waals surface area contributed by atoms with E-state index < -0.39 is 36.1 Å². The summed E-state index contributed by atoms with van der Waals surface area (Å²) in [5.74, 6) is -2.54. The van der Waals surface area contributed by atoms with Crippen molar-refractivity contribution in [3.8, 4) is 5.75 Å². The van der Waals surface area contributed by atoms with Crippen LogP contribution >= 0.6 is 27.5 Å². The summed E-state index contributed by atoms with van der Waals surface area (Å²) >= 11 is 9.12. The zero-order chi connectivity index (χ0) is 27.0. The van der Waals surface area contributed by atoms with Crippen LogP contribution < -0.4 is 20.8 Å². The van der Waals surface area contributed by atoms with Gasteiger partial charge in [0.1, 0.15) is 5.75 Å². The van der Waals surface area contributed by atoms with Gasteiger partial charge in [0.25, 0.3) is 5.91 Å². The molecule has 0 saturated carbocycles. The van der Waals surface area contributed by atoms with Crippen LogP contribution in [0.1, 0.15) is 11.1 Å². The third kappa shape index (κ3) is 8.62. The number of nitrogens with one attached hydrogen (secondary N) is 3. The predicted octanol–water partition coefficient (Wildman–Crippen LogP) is 5.23. The number of rotatable bonds is 7. The quantitative estimate of drug-likeness (QED) is 0.197. The number of hydrazone groups is 1. The molecule has 192 valence electrons. The zero-order valence-electron chi connectivity index (χ0n) is 18.6. The highest BCUT2D eigenvalue weighted by atomic mass is 79.9. The van der Waals surface area contributed by atoms with Gasteiger partial charge < -0.3 is 15.4 Å². The monoisotopic (exact) mass is 596 g/mol. The van der Waals surface area contributed by atoms with E-state index in [0.717, 1.165) is 12.1 Å². The Morgan fingerprint density at radius 2 is 1.65 bits per heavy atom. The van der Waals surface area contributed by atoms with E-state index in [1.165, 1.54) is 30.5 Å². The molecule has 0 atom stereocenters. The fraction of sp³-hybridized carbons (Fsp3) is 0.0833. The van der Waals surface area contributed by atoms with Crippen molar-refractivity contribution in [2.75, 3.05) is 17.2 Å². The van der Waals surface area contributed by atoms with E-state index in [4.69, 9.17) is 16.3 Å². The van der Waals surface area contributed by atoms with Gasteiger partial charge in [-0.2, -0.15) is 18.3 Å². The topological polar surface area (TPSA) is 109 Å². The van der Waals surface area contributed by atoms with Crippen LogP contribution in [0, 0.1) is 0 Å². The summed E-state index contributed by atoms with van der Waals surface area (Å²) in [6, 6.07) is 15.1. The van der Waals surface area contributed by atoms with E-state index in [-0.39, 0.29) is 11.4 Å². The summed E-state index contributed by atoms with van der Waals surface area (Å²) < 4.78 is 44.7. The molecule has 3 N–H and O–H groups in total. The van der Waals surface area contributed by atoms with Crippen LogP contribution in [0.3, 0.4) is 0 Å². The molecule has 8 nitrogen and oxygen atoms in total. The lowest BCUT2D eigenvalue weighted by atomic mass is 10.2. The first-order valence-electron chi connectivity index (χ1n) is 10.3. The summed E-state index contributed by atoms with van der Waals surface area (Å²) in [6.07, 6.45) is -3.36. The summed E-state index contributed by atoms with van der Waals surface area (Å²) in [7, 11) is 0. The number of hydrogen-bond donors (Lipinski definition) is 3. The van der Waals surface area contributed by atoms with Gasteiger partial charge in [-0.05, 0) is 54.6 Å². The van der Waals surface area contributed by atoms with Gasteiger partial charge in [0, 0.05) is 26.4 Å². The lowest BCUT2D eigenvalue weighted by Crippen LogP contribution is -2.32. The summed E-state index contributed by atoms with van der Waals surface area (Å²) in [4.78, 5) is 36.2. The summed E-state index contributed by atoms with van der Waals surface area (Å²) in [5, 5.41) is 8.81. The maximum atomic E-state index is 12.9. The SMILES string of the molecule is O=C(COc1ccc(Br)cc1/C=N\NC(=O)C(=O)Nc1cccc(Cl)c1)Nc1cccc(C(F)(F)F)c1. The molecule has 13 heteroatoms. The smallest absolute Gasteiger partial charge is 0.416 e. The van der Waals surface area contributed by atoms with E-state index in [1.807, 2.05) is 0 Å². The van der Waals surface area contributed by atoms with Gasteiger partial charge in [0.2, 0.25) is 0 Å². The molecule has 0 aromatic heterocycles. The van der Waals surface area contributed by atoms with E-state index in [9.17, 15) is 27.6 Å². The molecule has 0 saturated heterocycles. The Morgan fingerprint density at radius 1 is 0.946 bits per heavy atom. The highest BCUT2D eigenvalue weighted by Crippen LogP contribution is 2.30. The van der Waals surface area contributed by atoms with Crippen LogP contribution in [0.15, 0.2) is 76.3 Å². The normalized spacial score (nSPS) is 11.2. The minimum atomic E-state index is -4.55. The van der Waals surface area contributed by atoms with Crippen molar-refractivity contribution in [1.82, 2.24) is 5.43 Å². The van der Waals surface area contributed by atoms with Crippen LogP contribution in [0.4, 0.5) is 24.5 Å². The maximum Gasteiger partial charge on any atom is 0.416 e. The first-order valence-corrected chi connectivity index (χ1v) is 11.5. The summed E-state index contributed by atoms with van der Waals surface area (Å²) in [6.45, 7) is -0.521. The van der Waals surface area contributed by atoms with Crippen LogP contribution in [0.2, 0.25) is 5.02 Å². The van der Waals surface area contributed by atoms with Gasteiger partial charge >= 0.3 is 18.0 Å². The highest BCUT2D eigenvalue weighted by molar-refractivity contribution is 9.10. The van der Waals surface area contributed by atoms with Crippen molar-refractivity contribution in [3.63, 3.8) is 0 Å².